The van der Waals surface area contributed by atoms with Crippen LogP contribution in [0.5, 0.6) is 11.5 Å². The molecule has 1 saturated heterocycles. The van der Waals surface area contributed by atoms with Crippen LogP contribution < -0.4 is 14.8 Å². The Hall–Kier alpha value is -2.48. The zero-order chi connectivity index (χ0) is 19.5. The van der Waals surface area contributed by atoms with Crippen LogP contribution >= 0.6 is 11.8 Å². The predicted molar refractivity (Wildman–Crippen MR) is 105 cm³/mol. The van der Waals surface area contributed by atoms with Crippen molar-refractivity contribution >= 4 is 34.9 Å². The Balaban J connectivity index is 1.31. The van der Waals surface area contributed by atoms with Gasteiger partial charge in [-0.05, 0) is 54.3 Å². The first-order valence-electron chi connectivity index (χ1n) is 9.52. The molecule has 28 heavy (non-hydrogen) atoms. The number of hydrogen-bond donors (Lipinski definition) is 1. The van der Waals surface area contributed by atoms with Gasteiger partial charge in [-0.1, -0.05) is 18.9 Å². The van der Waals surface area contributed by atoms with Crippen LogP contribution in [0.2, 0.25) is 0 Å². The number of ether oxygens (including phenoxy) is 2. The van der Waals surface area contributed by atoms with Crippen LogP contribution in [0.4, 0.5) is 4.79 Å². The second-order valence-corrected chi connectivity index (χ2v) is 8.14. The average molecular weight is 402 g/mol. The Bertz CT molecular complexity index is 832. The smallest absolute Gasteiger partial charge is 0.293 e. The summed E-state index contributed by atoms with van der Waals surface area (Å²) in [6, 6.07) is 5.36. The highest BCUT2D eigenvalue weighted by atomic mass is 32.2. The van der Waals surface area contributed by atoms with Crippen molar-refractivity contribution in [3.05, 3.63) is 28.7 Å². The van der Waals surface area contributed by atoms with Crippen LogP contribution in [0.25, 0.3) is 6.08 Å². The summed E-state index contributed by atoms with van der Waals surface area (Å²) in [5.74, 6) is 1.42. The van der Waals surface area contributed by atoms with Crippen LogP contribution in [-0.4, -0.2) is 41.8 Å². The van der Waals surface area contributed by atoms with Gasteiger partial charge in [-0.2, -0.15) is 0 Å². The molecule has 3 aliphatic rings. The average Bonchev–Trinajstić information content (AvgIpc) is 3.39. The highest BCUT2D eigenvalue weighted by molar-refractivity contribution is 8.18. The summed E-state index contributed by atoms with van der Waals surface area (Å²) in [4.78, 5) is 38.3. The molecule has 2 heterocycles. The van der Waals surface area contributed by atoms with Gasteiger partial charge in [0, 0.05) is 19.5 Å². The number of rotatable bonds is 6. The van der Waals surface area contributed by atoms with Gasteiger partial charge in [-0.15, -0.1) is 0 Å². The molecule has 7 nitrogen and oxygen atoms in total. The molecule has 0 aromatic heterocycles. The Morgan fingerprint density at radius 1 is 1.21 bits per heavy atom. The number of benzene rings is 1. The van der Waals surface area contributed by atoms with Gasteiger partial charge < -0.3 is 14.8 Å². The van der Waals surface area contributed by atoms with Gasteiger partial charge in [0.05, 0.1) is 4.91 Å². The fourth-order valence-electron chi connectivity index (χ4n) is 3.70. The molecule has 3 amide bonds. The molecule has 0 spiro atoms. The quantitative estimate of drug-likeness (QED) is 0.736. The maximum atomic E-state index is 12.6. The molecule has 0 atom stereocenters. The summed E-state index contributed by atoms with van der Waals surface area (Å²) in [5, 5.41) is 2.51. The highest BCUT2D eigenvalue weighted by Crippen LogP contribution is 2.36. The number of imide groups is 1. The number of carbonyl (C=O) groups is 3. The molecule has 8 heteroatoms. The maximum Gasteiger partial charge on any atom is 0.293 e. The van der Waals surface area contributed by atoms with Crippen molar-refractivity contribution in [2.24, 2.45) is 5.92 Å². The van der Waals surface area contributed by atoms with E-state index in [1.807, 2.05) is 6.07 Å². The molecule has 2 fully saturated rings. The molecule has 1 aromatic carbocycles. The highest BCUT2D eigenvalue weighted by Gasteiger charge is 2.34. The summed E-state index contributed by atoms with van der Waals surface area (Å²) in [6.07, 6.45) is 6.83. The molecule has 4 rings (SSSR count). The van der Waals surface area contributed by atoms with E-state index in [2.05, 4.69) is 5.32 Å². The van der Waals surface area contributed by atoms with E-state index >= 15 is 0 Å². The van der Waals surface area contributed by atoms with Gasteiger partial charge >= 0.3 is 0 Å². The minimum absolute atomic E-state index is 0.00484. The molecule has 0 unspecified atom stereocenters. The van der Waals surface area contributed by atoms with Crippen LogP contribution in [0.15, 0.2) is 23.1 Å². The van der Waals surface area contributed by atoms with Gasteiger partial charge in [0.1, 0.15) is 0 Å². The van der Waals surface area contributed by atoms with Crippen molar-refractivity contribution in [3.63, 3.8) is 0 Å². The van der Waals surface area contributed by atoms with Crippen molar-refractivity contribution in [1.82, 2.24) is 10.2 Å². The lowest BCUT2D eigenvalue weighted by Crippen LogP contribution is -2.37. The SMILES string of the molecule is O=C(CC1CCCC1)NCCN1C(=O)S/C(=C\c2ccc3c(c2)OCO3)C1=O. The molecule has 0 radical (unpaired) electrons. The third-order valence-corrected chi connectivity index (χ3v) is 6.08. The van der Waals surface area contributed by atoms with Crippen LogP contribution in [0.1, 0.15) is 37.7 Å². The lowest BCUT2D eigenvalue weighted by atomic mass is 10.0. The van der Waals surface area contributed by atoms with E-state index in [1.54, 1.807) is 18.2 Å². The van der Waals surface area contributed by atoms with Crippen LogP contribution in [-0.2, 0) is 9.59 Å². The first-order valence-corrected chi connectivity index (χ1v) is 10.3. The summed E-state index contributed by atoms with van der Waals surface area (Å²) >= 11 is 0.909. The molecular formula is C20H22N2O5S. The summed E-state index contributed by atoms with van der Waals surface area (Å²) < 4.78 is 10.6. The van der Waals surface area contributed by atoms with Gasteiger partial charge in [-0.25, -0.2) is 0 Å². The number of amides is 3. The van der Waals surface area contributed by atoms with Gasteiger partial charge in [0.25, 0.3) is 11.1 Å². The van der Waals surface area contributed by atoms with Crippen molar-refractivity contribution in [2.75, 3.05) is 19.9 Å². The minimum Gasteiger partial charge on any atom is -0.454 e. The van der Waals surface area contributed by atoms with Crippen molar-refractivity contribution in [2.45, 2.75) is 32.1 Å². The number of fused-ring (bicyclic) bond motifs is 1. The molecular weight excluding hydrogens is 380 g/mol. The lowest BCUT2D eigenvalue weighted by molar-refractivity contribution is -0.124. The second kappa shape index (κ2) is 8.26. The van der Waals surface area contributed by atoms with E-state index in [4.69, 9.17) is 9.47 Å². The maximum absolute atomic E-state index is 12.6. The largest absolute Gasteiger partial charge is 0.454 e. The predicted octanol–water partition coefficient (Wildman–Crippen LogP) is 3.15. The first-order chi connectivity index (χ1) is 13.6. The van der Waals surface area contributed by atoms with Gasteiger partial charge in [-0.3, -0.25) is 19.3 Å². The number of hydrogen-bond acceptors (Lipinski definition) is 6. The molecule has 1 saturated carbocycles. The van der Waals surface area contributed by atoms with Crippen LogP contribution in [0, 0.1) is 5.92 Å². The summed E-state index contributed by atoms with van der Waals surface area (Å²) in [7, 11) is 0. The van der Waals surface area contributed by atoms with E-state index in [0.717, 1.165) is 30.2 Å². The molecule has 0 bridgehead atoms. The third-order valence-electron chi connectivity index (χ3n) is 5.17. The van der Waals surface area contributed by atoms with E-state index in [1.165, 1.54) is 17.7 Å². The minimum atomic E-state index is -0.335. The molecule has 1 aliphatic carbocycles. The van der Waals surface area contributed by atoms with Crippen molar-refractivity contribution in [1.29, 1.82) is 0 Å². The molecule has 2 aliphatic heterocycles. The van der Waals surface area contributed by atoms with Gasteiger partial charge in [0.2, 0.25) is 12.7 Å². The Morgan fingerprint density at radius 2 is 2.00 bits per heavy atom. The normalized spacial score (nSPS) is 20.4. The monoisotopic (exact) mass is 402 g/mol. The van der Waals surface area contributed by atoms with Gasteiger partial charge in [0.15, 0.2) is 11.5 Å². The number of carbonyl (C=O) groups excluding carboxylic acids is 3. The van der Waals surface area contributed by atoms with Crippen LogP contribution in [0.3, 0.4) is 0 Å². The Labute approximate surface area is 167 Å². The first kappa shape index (κ1) is 18.9. The van der Waals surface area contributed by atoms with E-state index in [-0.39, 0.29) is 36.9 Å². The molecule has 148 valence electrons. The zero-order valence-electron chi connectivity index (χ0n) is 15.4. The summed E-state index contributed by atoms with van der Waals surface area (Å²) in [6.45, 7) is 0.641. The third kappa shape index (κ3) is 4.16. The lowest BCUT2D eigenvalue weighted by Gasteiger charge is -2.14. The second-order valence-electron chi connectivity index (χ2n) is 7.15. The van der Waals surface area contributed by atoms with Crippen molar-refractivity contribution < 1.29 is 23.9 Å². The van der Waals surface area contributed by atoms with E-state index in [9.17, 15) is 14.4 Å². The standard InChI is InChI=1S/C20H22N2O5S/c23-18(11-13-3-1-2-4-13)21-7-8-22-19(24)17(28-20(22)25)10-14-5-6-15-16(9-14)27-12-26-15/h5-6,9-10,13H,1-4,7-8,11-12H2,(H,21,23)/b17-10-. The number of nitrogens with zero attached hydrogens (tertiary/aromatic N) is 1. The number of thioether (sulfide) groups is 1. The van der Waals surface area contributed by atoms with Crippen molar-refractivity contribution in [3.8, 4) is 11.5 Å². The summed E-state index contributed by atoms with van der Waals surface area (Å²) in [5.41, 5.74) is 0.764. The molecule has 1 aromatic rings. The fraction of sp³-hybridized carbons (Fsp3) is 0.450. The Kier molecular flexibility index (Phi) is 5.57. The van der Waals surface area contributed by atoms with E-state index < -0.39 is 0 Å². The number of nitrogens with one attached hydrogen (secondary N) is 1. The molecule has 1 N–H and O–H groups in total. The van der Waals surface area contributed by atoms with E-state index in [0.29, 0.717) is 28.7 Å². The zero-order valence-corrected chi connectivity index (χ0v) is 16.3. The topological polar surface area (TPSA) is 84.9 Å². The fourth-order valence-corrected chi connectivity index (χ4v) is 4.57. The Morgan fingerprint density at radius 3 is 2.82 bits per heavy atom.